The predicted molar refractivity (Wildman–Crippen MR) is 102 cm³/mol. The summed E-state index contributed by atoms with van der Waals surface area (Å²) in [5.41, 5.74) is -1.38. The fourth-order valence-corrected chi connectivity index (χ4v) is 3.59. The highest BCUT2D eigenvalue weighted by Gasteiger charge is 2.56. The van der Waals surface area contributed by atoms with Crippen LogP contribution in [0.15, 0.2) is 33.5 Å². The molecule has 9 heteroatoms. The third kappa shape index (κ3) is 3.49. The van der Waals surface area contributed by atoms with E-state index >= 15 is 0 Å². The van der Waals surface area contributed by atoms with E-state index in [2.05, 4.69) is 0 Å². The molecule has 1 aromatic carbocycles. The second kappa shape index (κ2) is 7.32. The minimum absolute atomic E-state index is 0.107. The summed E-state index contributed by atoms with van der Waals surface area (Å²) in [5, 5.41) is 0.525. The molecular weight excluding hydrogens is 396 g/mol. The van der Waals surface area contributed by atoms with Crippen LogP contribution in [0.2, 0.25) is 0 Å². The fraction of sp³-hybridized carbons (Fsp3) is 0.476. The first-order valence-electron chi connectivity index (χ1n) is 9.66. The van der Waals surface area contributed by atoms with Crippen LogP contribution in [0.1, 0.15) is 38.1 Å². The van der Waals surface area contributed by atoms with Crippen molar-refractivity contribution in [3.05, 3.63) is 40.2 Å². The highest BCUT2D eigenvalue weighted by Crippen LogP contribution is 2.40. The van der Waals surface area contributed by atoms with Crippen LogP contribution in [-0.4, -0.2) is 42.8 Å². The average Bonchev–Trinajstić information content (AvgIpc) is 3.07. The molecule has 0 aliphatic carbocycles. The topological polar surface area (TPSA) is 110 Å². The molecule has 2 fully saturated rings. The fourth-order valence-electron chi connectivity index (χ4n) is 3.59. The van der Waals surface area contributed by atoms with E-state index in [-0.39, 0.29) is 23.7 Å². The van der Waals surface area contributed by atoms with Crippen LogP contribution in [0.25, 0.3) is 11.0 Å². The quantitative estimate of drug-likeness (QED) is 0.546. The van der Waals surface area contributed by atoms with E-state index < -0.39 is 41.8 Å². The molecule has 0 radical (unpaired) electrons. The van der Waals surface area contributed by atoms with Gasteiger partial charge in [0.25, 0.3) is 0 Å². The number of carbonyl (C=O) groups is 2. The molecule has 2 saturated heterocycles. The number of benzene rings is 1. The van der Waals surface area contributed by atoms with Crippen molar-refractivity contribution in [3.63, 3.8) is 0 Å². The smallest absolute Gasteiger partial charge is 0.462 e. The third-order valence-electron chi connectivity index (χ3n) is 5.52. The molecule has 3 heterocycles. The molecule has 1 unspecified atom stereocenters. The van der Waals surface area contributed by atoms with Gasteiger partial charge in [-0.15, -0.1) is 0 Å². The molecule has 2 aliphatic heterocycles. The maximum Gasteiger partial charge on any atom is 0.509 e. The standard InChI is InChI=1S/C21H22O9/c1-5-25-17(22)13-8-11-6-7-12(9-14(11)27-18(13)23)26-19-16-15(28-20(24)29-16)10(2)21(3,4)30-19/h6-10,15-16,19H,5H2,1-4H3/t10-,15+,16+,19?/m1/s1. The Hall–Kier alpha value is -3.07. The van der Waals surface area contributed by atoms with Crippen LogP contribution in [0.5, 0.6) is 5.75 Å². The summed E-state index contributed by atoms with van der Waals surface area (Å²) in [4.78, 5) is 35.7. The maximum absolute atomic E-state index is 12.2. The van der Waals surface area contributed by atoms with Crippen molar-refractivity contribution in [3.8, 4) is 5.75 Å². The van der Waals surface area contributed by atoms with Gasteiger partial charge >= 0.3 is 17.8 Å². The Morgan fingerprint density at radius 2 is 1.87 bits per heavy atom. The Labute approximate surface area is 171 Å². The SMILES string of the molecule is CCOC(=O)c1cc2ccc(OC3OC(C)(C)[C@H](C)[C@@H]4OC(=O)O[C@H]34)cc2oc1=O. The summed E-state index contributed by atoms with van der Waals surface area (Å²) < 4.78 is 32.6. The van der Waals surface area contributed by atoms with Crippen molar-refractivity contribution in [1.82, 2.24) is 0 Å². The van der Waals surface area contributed by atoms with Crippen molar-refractivity contribution in [1.29, 1.82) is 0 Å². The largest absolute Gasteiger partial charge is 0.509 e. The lowest BCUT2D eigenvalue weighted by Crippen LogP contribution is -2.58. The van der Waals surface area contributed by atoms with Gasteiger partial charge in [0.1, 0.15) is 16.9 Å². The van der Waals surface area contributed by atoms with Gasteiger partial charge in [-0.3, -0.25) is 0 Å². The molecule has 0 spiro atoms. The van der Waals surface area contributed by atoms with Crippen LogP contribution < -0.4 is 10.4 Å². The van der Waals surface area contributed by atoms with E-state index in [1.165, 1.54) is 12.1 Å². The summed E-state index contributed by atoms with van der Waals surface area (Å²) in [6.07, 6.45) is -2.90. The normalized spacial score (nSPS) is 27.1. The highest BCUT2D eigenvalue weighted by molar-refractivity contribution is 5.93. The minimum Gasteiger partial charge on any atom is -0.462 e. The lowest BCUT2D eigenvalue weighted by molar-refractivity contribution is -0.260. The Morgan fingerprint density at radius 3 is 2.60 bits per heavy atom. The van der Waals surface area contributed by atoms with Crippen molar-refractivity contribution < 1.29 is 37.7 Å². The zero-order chi connectivity index (χ0) is 21.6. The van der Waals surface area contributed by atoms with Gasteiger partial charge in [-0.2, -0.15) is 0 Å². The second-order valence-corrected chi connectivity index (χ2v) is 7.78. The minimum atomic E-state index is -0.907. The molecule has 0 saturated carbocycles. The van der Waals surface area contributed by atoms with Crippen LogP contribution in [0.3, 0.4) is 0 Å². The predicted octanol–water partition coefficient (Wildman–Crippen LogP) is 3.02. The van der Waals surface area contributed by atoms with Gasteiger partial charge in [-0.05, 0) is 39.0 Å². The molecule has 30 heavy (non-hydrogen) atoms. The van der Waals surface area contributed by atoms with E-state index in [1.807, 2.05) is 20.8 Å². The highest BCUT2D eigenvalue weighted by atomic mass is 16.8. The van der Waals surface area contributed by atoms with Gasteiger partial charge in [0.15, 0.2) is 6.10 Å². The van der Waals surface area contributed by atoms with Gasteiger partial charge in [-0.25, -0.2) is 14.4 Å². The number of esters is 1. The summed E-state index contributed by atoms with van der Waals surface area (Å²) in [7, 11) is 0. The molecule has 0 amide bonds. The Bertz CT molecular complexity index is 1050. The van der Waals surface area contributed by atoms with Crippen LogP contribution in [0, 0.1) is 5.92 Å². The van der Waals surface area contributed by atoms with Crippen molar-refractivity contribution in [2.75, 3.05) is 6.61 Å². The number of ether oxygens (including phenoxy) is 5. The summed E-state index contributed by atoms with van der Waals surface area (Å²) in [6, 6.07) is 6.19. The second-order valence-electron chi connectivity index (χ2n) is 7.78. The van der Waals surface area contributed by atoms with Crippen LogP contribution >= 0.6 is 0 Å². The van der Waals surface area contributed by atoms with Gasteiger partial charge < -0.3 is 28.1 Å². The number of hydrogen-bond acceptors (Lipinski definition) is 9. The zero-order valence-corrected chi connectivity index (χ0v) is 17.0. The first-order chi connectivity index (χ1) is 14.2. The lowest BCUT2D eigenvalue weighted by Gasteiger charge is -2.44. The van der Waals surface area contributed by atoms with Gasteiger partial charge in [0.05, 0.1) is 12.2 Å². The molecule has 2 aromatic rings. The molecule has 9 nitrogen and oxygen atoms in total. The Kier molecular flexibility index (Phi) is 4.93. The first-order valence-corrected chi connectivity index (χ1v) is 9.66. The molecule has 0 N–H and O–H groups in total. The van der Waals surface area contributed by atoms with Crippen molar-refractivity contribution in [2.24, 2.45) is 5.92 Å². The molecule has 0 bridgehead atoms. The molecule has 4 atom stereocenters. The van der Waals surface area contributed by atoms with Crippen LogP contribution in [0.4, 0.5) is 4.79 Å². The summed E-state index contributed by atoms with van der Waals surface area (Å²) in [6.45, 7) is 7.48. The molecular formula is C21H22O9. The lowest BCUT2D eigenvalue weighted by atomic mass is 9.82. The Balaban J connectivity index is 1.62. The van der Waals surface area contributed by atoms with Crippen LogP contribution in [-0.2, 0) is 18.9 Å². The van der Waals surface area contributed by atoms with Gasteiger partial charge in [0.2, 0.25) is 12.4 Å². The third-order valence-corrected chi connectivity index (χ3v) is 5.52. The van der Waals surface area contributed by atoms with Gasteiger partial charge in [0, 0.05) is 17.4 Å². The number of carbonyl (C=O) groups excluding carboxylic acids is 2. The van der Waals surface area contributed by atoms with Crippen molar-refractivity contribution >= 4 is 23.1 Å². The van der Waals surface area contributed by atoms with E-state index in [9.17, 15) is 14.4 Å². The van der Waals surface area contributed by atoms with Gasteiger partial charge in [-0.1, -0.05) is 6.92 Å². The number of hydrogen-bond donors (Lipinski definition) is 0. The molecule has 160 valence electrons. The summed E-state index contributed by atoms with van der Waals surface area (Å²) in [5.74, 6) is -0.508. The van der Waals surface area contributed by atoms with Crippen molar-refractivity contribution in [2.45, 2.75) is 51.8 Å². The molecule has 1 aromatic heterocycles. The Morgan fingerprint density at radius 1 is 1.13 bits per heavy atom. The van der Waals surface area contributed by atoms with E-state index in [0.717, 1.165) is 0 Å². The monoisotopic (exact) mass is 418 g/mol. The van der Waals surface area contributed by atoms with E-state index in [1.54, 1.807) is 19.1 Å². The number of fused-ring (bicyclic) bond motifs is 2. The molecule has 2 aliphatic rings. The van der Waals surface area contributed by atoms with E-state index in [0.29, 0.717) is 11.1 Å². The zero-order valence-electron chi connectivity index (χ0n) is 17.0. The first kappa shape index (κ1) is 20.2. The molecule has 4 rings (SSSR count). The van der Waals surface area contributed by atoms with E-state index in [4.69, 9.17) is 28.1 Å². The maximum atomic E-state index is 12.2. The summed E-state index contributed by atoms with van der Waals surface area (Å²) >= 11 is 0. The average molecular weight is 418 g/mol. The number of rotatable bonds is 4.